The number of carbonyl (C=O) groups is 1. The Morgan fingerprint density at radius 3 is 2.50 bits per heavy atom. The predicted molar refractivity (Wildman–Crippen MR) is 115 cm³/mol. The molecule has 0 radical (unpaired) electrons. The SMILES string of the molecule is N#Cc1c(N)[nH]c(=O)c(C#N)c1-c1cc(Br)ccc1OCC(=O)Nc1ccccc1. The summed E-state index contributed by atoms with van der Waals surface area (Å²) in [5, 5.41) is 21.7. The average Bonchev–Trinajstić information content (AvgIpc) is 2.73. The number of nitriles is 2. The number of aromatic amines is 1. The third-order valence-corrected chi connectivity index (χ3v) is 4.59. The highest BCUT2D eigenvalue weighted by atomic mass is 79.9. The highest BCUT2D eigenvalue weighted by molar-refractivity contribution is 9.10. The number of para-hydroxylation sites is 1. The van der Waals surface area contributed by atoms with E-state index < -0.39 is 11.5 Å². The number of hydrogen-bond acceptors (Lipinski definition) is 6. The third-order valence-electron chi connectivity index (χ3n) is 4.10. The molecule has 0 aliphatic heterocycles. The summed E-state index contributed by atoms with van der Waals surface area (Å²) in [7, 11) is 0. The molecule has 0 spiro atoms. The van der Waals surface area contributed by atoms with E-state index in [2.05, 4.69) is 26.2 Å². The zero-order chi connectivity index (χ0) is 21.7. The van der Waals surface area contributed by atoms with Gasteiger partial charge in [0.05, 0.1) is 0 Å². The van der Waals surface area contributed by atoms with Crippen LogP contribution in [-0.2, 0) is 4.79 Å². The first-order valence-corrected chi connectivity index (χ1v) is 9.37. The monoisotopic (exact) mass is 463 g/mol. The van der Waals surface area contributed by atoms with Crippen LogP contribution in [0.5, 0.6) is 5.75 Å². The Balaban J connectivity index is 2.00. The number of nitrogens with zero attached hydrogens (tertiary/aromatic N) is 2. The first kappa shape index (κ1) is 20.6. The molecule has 0 unspecified atom stereocenters. The number of hydrogen-bond donors (Lipinski definition) is 3. The van der Waals surface area contributed by atoms with Gasteiger partial charge in [-0.1, -0.05) is 34.1 Å². The van der Waals surface area contributed by atoms with Crippen LogP contribution in [0.4, 0.5) is 11.5 Å². The topological polar surface area (TPSA) is 145 Å². The number of ether oxygens (including phenoxy) is 1. The molecule has 9 heteroatoms. The molecule has 0 bridgehead atoms. The quantitative estimate of drug-likeness (QED) is 0.529. The molecular formula is C21H14BrN5O3. The molecule has 4 N–H and O–H groups in total. The normalized spacial score (nSPS) is 9.97. The number of nitrogens with two attached hydrogens (primary N) is 1. The fourth-order valence-corrected chi connectivity index (χ4v) is 3.16. The van der Waals surface area contributed by atoms with E-state index in [9.17, 15) is 20.1 Å². The number of halogens is 1. The van der Waals surface area contributed by atoms with E-state index in [1.165, 1.54) is 0 Å². The van der Waals surface area contributed by atoms with Crippen molar-refractivity contribution in [3.05, 3.63) is 74.5 Å². The lowest BCUT2D eigenvalue weighted by atomic mass is 9.96. The molecule has 30 heavy (non-hydrogen) atoms. The van der Waals surface area contributed by atoms with Crippen molar-refractivity contribution in [1.82, 2.24) is 4.98 Å². The molecule has 1 heterocycles. The van der Waals surface area contributed by atoms with Gasteiger partial charge in [0.15, 0.2) is 6.61 Å². The number of aromatic nitrogens is 1. The number of nitrogen functional groups attached to an aromatic ring is 1. The lowest BCUT2D eigenvalue weighted by molar-refractivity contribution is -0.118. The van der Waals surface area contributed by atoms with E-state index in [1.54, 1.807) is 42.5 Å². The molecule has 0 atom stereocenters. The van der Waals surface area contributed by atoms with Gasteiger partial charge in [0.25, 0.3) is 11.5 Å². The van der Waals surface area contributed by atoms with Gasteiger partial charge in [0, 0.05) is 21.3 Å². The Labute approximate surface area is 179 Å². The van der Waals surface area contributed by atoms with Crippen LogP contribution < -0.4 is 21.3 Å². The van der Waals surface area contributed by atoms with Crippen molar-refractivity contribution in [1.29, 1.82) is 10.5 Å². The van der Waals surface area contributed by atoms with E-state index in [0.29, 0.717) is 10.2 Å². The Morgan fingerprint density at radius 2 is 1.83 bits per heavy atom. The molecule has 0 aliphatic carbocycles. The summed E-state index contributed by atoms with van der Waals surface area (Å²) in [6.45, 7) is -0.327. The maximum absolute atomic E-state index is 12.2. The first-order valence-electron chi connectivity index (χ1n) is 8.58. The Bertz CT molecular complexity index is 1260. The van der Waals surface area contributed by atoms with Gasteiger partial charge in [-0.2, -0.15) is 10.5 Å². The zero-order valence-corrected chi connectivity index (χ0v) is 17.0. The second-order valence-electron chi connectivity index (χ2n) is 6.06. The minimum absolute atomic E-state index is 0.0426. The minimum atomic E-state index is -0.725. The molecule has 3 rings (SSSR count). The molecule has 2 aromatic carbocycles. The number of pyridine rings is 1. The number of benzene rings is 2. The van der Waals surface area contributed by atoms with Crippen molar-refractivity contribution in [3.63, 3.8) is 0 Å². The molecule has 0 saturated carbocycles. The largest absolute Gasteiger partial charge is 0.483 e. The van der Waals surface area contributed by atoms with Gasteiger partial charge in [0.1, 0.15) is 34.8 Å². The van der Waals surface area contributed by atoms with Crippen LogP contribution in [0.3, 0.4) is 0 Å². The Kier molecular flexibility index (Phi) is 6.16. The summed E-state index contributed by atoms with van der Waals surface area (Å²) in [5.41, 5.74) is 5.65. The van der Waals surface area contributed by atoms with Gasteiger partial charge in [0.2, 0.25) is 0 Å². The predicted octanol–water partition coefficient (Wildman–Crippen LogP) is 3.15. The lowest BCUT2D eigenvalue weighted by Crippen LogP contribution is -2.20. The highest BCUT2D eigenvalue weighted by Gasteiger charge is 2.22. The second-order valence-corrected chi connectivity index (χ2v) is 6.98. The maximum Gasteiger partial charge on any atom is 0.268 e. The van der Waals surface area contributed by atoms with Crippen molar-refractivity contribution in [2.75, 3.05) is 17.7 Å². The fourth-order valence-electron chi connectivity index (χ4n) is 2.80. The van der Waals surface area contributed by atoms with Crippen LogP contribution in [0, 0.1) is 22.7 Å². The molecule has 0 aliphatic rings. The Hall–Kier alpha value is -4.08. The van der Waals surface area contributed by atoms with Crippen LogP contribution in [-0.4, -0.2) is 17.5 Å². The number of nitrogens with one attached hydrogen (secondary N) is 2. The first-order chi connectivity index (χ1) is 14.4. The van der Waals surface area contributed by atoms with E-state index in [0.717, 1.165) is 0 Å². The number of carbonyl (C=O) groups excluding carboxylic acids is 1. The molecular weight excluding hydrogens is 450 g/mol. The molecule has 0 fully saturated rings. The van der Waals surface area contributed by atoms with Crippen molar-refractivity contribution in [2.24, 2.45) is 0 Å². The van der Waals surface area contributed by atoms with Gasteiger partial charge in [-0.05, 0) is 30.3 Å². The number of rotatable bonds is 5. The smallest absolute Gasteiger partial charge is 0.268 e. The van der Waals surface area contributed by atoms with Gasteiger partial charge in [-0.3, -0.25) is 9.59 Å². The maximum atomic E-state index is 12.2. The van der Waals surface area contributed by atoms with E-state index in [-0.39, 0.29) is 40.4 Å². The van der Waals surface area contributed by atoms with Gasteiger partial charge < -0.3 is 20.8 Å². The average molecular weight is 464 g/mol. The summed E-state index contributed by atoms with van der Waals surface area (Å²) >= 11 is 3.33. The number of anilines is 2. The number of amides is 1. The summed E-state index contributed by atoms with van der Waals surface area (Å²) in [5.74, 6) is -0.356. The van der Waals surface area contributed by atoms with Crippen LogP contribution in [0.2, 0.25) is 0 Å². The Morgan fingerprint density at radius 1 is 1.13 bits per heavy atom. The van der Waals surface area contributed by atoms with Crippen molar-refractivity contribution in [2.45, 2.75) is 0 Å². The molecule has 148 valence electrons. The molecule has 1 amide bonds. The standard InChI is InChI=1S/C21H14BrN5O3/c22-12-6-7-17(30-11-18(28)26-13-4-2-1-3-5-13)14(8-12)19-15(9-23)20(25)27-21(29)16(19)10-24/h1-8H,11H2,(H,26,28)(H3,25,27,29). The van der Waals surface area contributed by atoms with Crippen LogP contribution in [0.25, 0.3) is 11.1 Å². The molecule has 0 saturated heterocycles. The summed E-state index contributed by atoms with van der Waals surface area (Å²) in [6, 6.07) is 17.4. The molecule has 8 nitrogen and oxygen atoms in total. The minimum Gasteiger partial charge on any atom is -0.483 e. The second kappa shape index (κ2) is 8.95. The summed E-state index contributed by atoms with van der Waals surface area (Å²) in [4.78, 5) is 26.7. The van der Waals surface area contributed by atoms with E-state index >= 15 is 0 Å². The van der Waals surface area contributed by atoms with Crippen molar-refractivity contribution < 1.29 is 9.53 Å². The third kappa shape index (κ3) is 4.32. The molecule has 3 aromatic rings. The molecule has 1 aromatic heterocycles. The number of H-pyrrole nitrogens is 1. The van der Waals surface area contributed by atoms with Crippen molar-refractivity contribution >= 4 is 33.3 Å². The summed E-state index contributed by atoms with van der Waals surface area (Å²) < 4.78 is 6.27. The van der Waals surface area contributed by atoms with E-state index in [4.69, 9.17) is 10.5 Å². The van der Waals surface area contributed by atoms with Crippen LogP contribution in [0.15, 0.2) is 57.8 Å². The van der Waals surface area contributed by atoms with Gasteiger partial charge in [-0.25, -0.2) is 0 Å². The van der Waals surface area contributed by atoms with Gasteiger partial charge >= 0.3 is 0 Å². The zero-order valence-electron chi connectivity index (χ0n) is 15.4. The highest BCUT2D eigenvalue weighted by Crippen LogP contribution is 2.37. The van der Waals surface area contributed by atoms with Gasteiger partial charge in [-0.15, -0.1) is 0 Å². The van der Waals surface area contributed by atoms with E-state index in [1.807, 2.05) is 18.2 Å². The fraction of sp³-hybridized carbons (Fsp3) is 0.0476. The van der Waals surface area contributed by atoms with Crippen molar-refractivity contribution in [3.8, 4) is 29.0 Å². The van der Waals surface area contributed by atoms with Crippen LogP contribution in [0.1, 0.15) is 11.1 Å². The van der Waals surface area contributed by atoms with Crippen LogP contribution >= 0.6 is 15.9 Å². The summed E-state index contributed by atoms with van der Waals surface area (Å²) in [6.07, 6.45) is 0. The lowest BCUT2D eigenvalue weighted by Gasteiger charge is -2.15.